The zero-order valence-corrected chi connectivity index (χ0v) is 25.9. The van der Waals surface area contributed by atoms with E-state index in [-0.39, 0.29) is 5.78 Å². The van der Waals surface area contributed by atoms with Gasteiger partial charge in [-0.1, -0.05) is 78.4 Å². The van der Waals surface area contributed by atoms with Crippen LogP contribution in [0.15, 0.2) is 122 Å². The molecule has 8 rings (SSSR count). The van der Waals surface area contributed by atoms with E-state index < -0.39 is 0 Å². The molecule has 0 bridgehead atoms. The molecule has 7 aromatic rings. The number of hydrogen-bond acceptors (Lipinski definition) is 6. The number of hydrogen-bond donors (Lipinski definition) is 0. The van der Waals surface area contributed by atoms with Gasteiger partial charge in [-0.3, -0.25) is 9.78 Å². The molecule has 1 aliphatic rings. The molecule has 0 atom stereocenters. The van der Waals surface area contributed by atoms with E-state index in [4.69, 9.17) is 0 Å². The molecule has 4 aromatic carbocycles. The third-order valence-electron chi connectivity index (χ3n) is 8.38. The number of carbonyl (C=O) groups is 1. The Labute approximate surface area is 268 Å². The van der Waals surface area contributed by atoms with E-state index in [1.807, 2.05) is 60.8 Å². The summed E-state index contributed by atoms with van der Waals surface area (Å²) in [5, 5.41) is 2.12. The van der Waals surface area contributed by atoms with Crippen molar-refractivity contribution < 1.29 is 4.79 Å². The number of pyridine rings is 1. The summed E-state index contributed by atoms with van der Waals surface area (Å²) >= 11 is 0. The molecular formula is C40H33N5O. The van der Waals surface area contributed by atoms with Gasteiger partial charge in [0.15, 0.2) is 5.78 Å². The molecule has 0 radical (unpaired) electrons. The normalized spacial score (nSPS) is 12.5. The minimum absolute atomic E-state index is 0.0732. The maximum Gasteiger partial charge on any atom is 0.161 e. The number of aromatic nitrogens is 5. The highest BCUT2D eigenvalue weighted by molar-refractivity contribution is 5.96. The van der Waals surface area contributed by atoms with E-state index in [1.165, 1.54) is 24.0 Å². The monoisotopic (exact) mass is 599 g/mol. The van der Waals surface area contributed by atoms with Crippen LogP contribution in [0.1, 0.15) is 58.4 Å². The minimum atomic E-state index is 0.0732. The van der Waals surface area contributed by atoms with Crippen LogP contribution in [0, 0.1) is 6.92 Å². The Kier molecular flexibility index (Phi) is 8.09. The summed E-state index contributed by atoms with van der Waals surface area (Å²) in [7, 11) is 0. The van der Waals surface area contributed by atoms with Crippen molar-refractivity contribution in [1.82, 2.24) is 24.9 Å². The molecule has 1 saturated carbocycles. The molecule has 1 fully saturated rings. The lowest BCUT2D eigenvalue weighted by atomic mass is 9.98. The standard InChI is InChI=1S/C25H21N3O.C15H12N2/c1-16(29)21-13-20(18-8-9-18)14-26-24(21)12-17-7-10-23-22(11-17)25(28-15-27-23)19-5-3-2-4-6-19;1-11-7-8-14-13(9-11)15(17-10-16-14)12-5-3-2-4-6-12/h2-7,10-11,13-15,18H,8-9,12H2,1H3;2-10H,1H3. The summed E-state index contributed by atoms with van der Waals surface area (Å²) in [5.41, 5.74) is 11.1. The quantitative estimate of drug-likeness (QED) is 0.178. The largest absolute Gasteiger partial charge is 0.294 e. The van der Waals surface area contributed by atoms with Gasteiger partial charge >= 0.3 is 0 Å². The first kappa shape index (κ1) is 29.1. The minimum Gasteiger partial charge on any atom is -0.294 e. The van der Waals surface area contributed by atoms with E-state index >= 15 is 0 Å². The molecule has 6 heteroatoms. The highest BCUT2D eigenvalue weighted by Gasteiger charge is 2.25. The van der Waals surface area contributed by atoms with Gasteiger partial charge in [-0.15, -0.1) is 0 Å². The lowest BCUT2D eigenvalue weighted by Gasteiger charge is -2.10. The van der Waals surface area contributed by atoms with Gasteiger partial charge in [0, 0.05) is 40.1 Å². The van der Waals surface area contributed by atoms with Crippen LogP contribution >= 0.6 is 0 Å². The van der Waals surface area contributed by atoms with Gasteiger partial charge in [-0.25, -0.2) is 19.9 Å². The Morgan fingerprint density at radius 2 is 1.26 bits per heavy atom. The molecular weight excluding hydrogens is 566 g/mol. The second kappa shape index (κ2) is 12.8. The van der Waals surface area contributed by atoms with Gasteiger partial charge in [-0.05, 0) is 74.1 Å². The maximum absolute atomic E-state index is 12.2. The van der Waals surface area contributed by atoms with Crippen LogP contribution in [-0.2, 0) is 6.42 Å². The second-order valence-electron chi connectivity index (χ2n) is 11.8. The molecule has 0 saturated heterocycles. The average molecular weight is 600 g/mol. The van der Waals surface area contributed by atoms with E-state index in [0.717, 1.165) is 61.1 Å². The number of rotatable bonds is 6. The van der Waals surface area contributed by atoms with Gasteiger partial charge in [0.25, 0.3) is 0 Å². The number of Topliss-reactive ketones (excluding diaryl/α,β-unsaturated/α-hetero) is 1. The Hall–Kier alpha value is -5.62. The van der Waals surface area contributed by atoms with Crippen molar-refractivity contribution in [2.75, 3.05) is 0 Å². The van der Waals surface area contributed by atoms with E-state index in [1.54, 1.807) is 19.6 Å². The molecule has 46 heavy (non-hydrogen) atoms. The molecule has 224 valence electrons. The Bertz CT molecular complexity index is 2180. The predicted molar refractivity (Wildman–Crippen MR) is 184 cm³/mol. The van der Waals surface area contributed by atoms with Gasteiger partial charge in [0.1, 0.15) is 12.7 Å². The molecule has 6 nitrogen and oxygen atoms in total. The van der Waals surface area contributed by atoms with Crippen LogP contribution in [0.3, 0.4) is 0 Å². The summed E-state index contributed by atoms with van der Waals surface area (Å²) in [6.45, 7) is 3.71. The number of fused-ring (bicyclic) bond motifs is 2. The van der Waals surface area contributed by atoms with E-state index in [2.05, 4.69) is 80.4 Å². The molecule has 3 aromatic heterocycles. The zero-order chi connectivity index (χ0) is 31.5. The first-order valence-corrected chi connectivity index (χ1v) is 15.6. The highest BCUT2D eigenvalue weighted by Crippen LogP contribution is 2.40. The molecule has 1 aliphatic carbocycles. The van der Waals surface area contributed by atoms with Crippen molar-refractivity contribution in [3.05, 3.63) is 150 Å². The van der Waals surface area contributed by atoms with Crippen LogP contribution in [0.2, 0.25) is 0 Å². The Balaban J connectivity index is 0.000000169. The fourth-order valence-corrected chi connectivity index (χ4v) is 5.82. The molecule has 0 spiro atoms. The van der Waals surface area contributed by atoms with Crippen LogP contribution in [0.4, 0.5) is 0 Å². The summed E-state index contributed by atoms with van der Waals surface area (Å²) in [6, 6.07) is 34.8. The van der Waals surface area contributed by atoms with Crippen molar-refractivity contribution in [2.45, 2.75) is 39.0 Å². The molecule has 0 unspecified atom stereocenters. The third kappa shape index (κ3) is 6.28. The first-order chi connectivity index (χ1) is 22.5. The lowest BCUT2D eigenvalue weighted by Crippen LogP contribution is -2.05. The van der Waals surface area contributed by atoms with Crippen molar-refractivity contribution >= 4 is 27.6 Å². The van der Waals surface area contributed by atoms with Crippen LogP contribution in [0.5, 0.6) is 0 Å². The molecule has 0 N–H and O–H groups in total. The number of nitrogens with zero attached hydrogens (tertiary/aromatic N) is 5. The summed E-state index contributed by atoms with van der Waals surface area (Å²) in [6.07, 6.45) is 8.19. The Morgan fingerprint density at radius 1 is 0.674 bits per heavy atom. The smallest absolute Gasteiger partial charge is 0.161 e. The summed E-state index contributed by atoms with van der Waals surface area (Å²) in [5.74, 6) is 0.657. The number of benzene rings is 4. The number of carbonyl (C=O) groups excluding carboxylic acids is 1. The average Bonchev–Trinajstić information content (AvgIpc) is 3.95. The lowest BCUT2D eigenvalue weighted by molar-refractivity contribution is 0.101. The van der Waals surface area contributed by atoms with Crippen LogP contribution in [0.25, 0.3) is 44.3 Å². The molecule has 3 heterocycles. The fourth-order valence-electron chi connectivity index (χ4n) is 5.82. The van der Waals surface area contributed by atoms with Crippen molar-refractivity contribution in [3.63, 3.8) is 0 Å². The SMILES string of the molecule is CC(=O)c1cc(C2CC2)cnc1Cc1ccc2ncnc(-c3ccccc3)c2c1.Cc1ccc2ncnc(-c3ccccc3)c2c1. The van der Waals surface area contributed by atoms with Gasteiger partial charge < -0.3 is 0 Å². The van der Waals surface area contributed by atoms with Gasteiger partial charge in [0.2, 0.25) is 0 Å². The van der Waals surface area contributed by atoms with Crippen molar-refractivity contribution in [1.29, 1.82) is 0 Å². The second-order valence-corrected chi connectivity index (χ2v) is 11.8. The summed E-state index contributed by atoms with van der Waals surface area (Å²) in [4.78, 5) is 34.6. The van der Waals surface area contributed by atoms with E-state index in [9.17, 15) is 4.79 Å². The maximum atomic E-state index is 12.2. The number of aryl methyl sites for hydroxylation is 1. The molecule has 0 amide bonds. The fraction of sp³-hybridized carbons (Fsp3) is 0.150. The van der Waals surface area contributed by atoms with Crippen LogP contribution in [-0.4, -0.2) is 30.7 Å². The zero-order valence-electron chi connectivity index (χ0n) is 25.9. The number of ketones is 1. The predicted octanol–water partition coefficient (Wildman–Crippen LogP) is 8.97. The van der Waals surface area contributed by atoms with Crippen molar-refractivity contribution in [3.8, 4) is 22.5 Å². The third-order valence-corrected chi connectivity index (χ3v) is 8.38. The van der Waals surface area contributed by atoms with Crippen LogP contribution < -0.4 is 0 Å². The summed E-state index contributed by atoms with van der Waals surface area (Å²) < 4.78 is 0. The first-order valence-electron chi connectivity index (χ1n) is 15.6. The van der Waals surface area contributed by atoms with Crippen molar-refractivity contribution in [2.24, 2.45) is 0 Å². The highest BCUT2D eigenvalue weighted by atomic mass is 16.1. The van der Waals surface area contributed by atoms with Gasteiger partial charge in [0.05, 0.1) is 28.1 Å². The topological polar surface area (TPSA) is 81.5 Å². The van der Waals surface area contributed by atoms with Gasteiger partial charge in [-0.2, -0.15) is 0 Å². The van der Waals surface area contributed by atoms with E-state index in [0.29, 0.717) is 12.3 Å². The molecule has 0 aliphatic heterocycles. The Morgan fingerprint density at radius 3 is 1.85 bits per heavy atom.